The van der Waals surface area contributed by atoms with Gasteiger partial charge in [-0.15, -0.1) is 0 Å². The second-order valence-corrected chi connectivity index (χ2v) is 4.44. The lowest BCUT2D eigenvalue weighted by atomic mass is 10.3. The maximum Gasteiger partial charge on any atom is 0.348 e. The van der Waals surface area contributed by atoms with Crippen molar-refractivity contribution in [1.29, 1.82) is 0 Å². The van der Waals surface area contributed by atoms with Gasteiger partial charge in [-0.05, 0) is 18.6 Å². The first kappa shape index (κ1) is 14.6. The summed E-state index contributed by atoms with van der Waals surface area (Å²) in [6.07, 6.45) is 4.74. The van der Waals surface area contributed by atoms with Gasteiger partial charge in [0.1, 0.15) is 6.20 Å². The smallest absolute Gasteiger partial charge is 0.348 e. The van der Waals surface area contributed by atoms with Crippen molar-refractivity contribution in [2.24, 2.45) is 0 Å². The van der Waals surface area contributed by atoms with Crippen LogP contribution in [0.4, 0.5) is 11.4 Å². The fourth-order valence-corrected chi connectivity index (χ4v) is 1.77. The van der Waals surface area contributed by atoms with E-state index in [0.29, 0.717) is 5.69 Å². The molecular formula is C13H15N5O3. The van der Waals surface area contributed by atoms with Crippen LogP contribution in [0, 0.1) is 10.1 Å². The van der Waals surface area contributed by atoms with Gasteiger partial charge in [0, 0.05) is 18.4 Å². The third-order valence-corrected chi connectivity index (χ3v) is 2.78. The third kappa shape index (κ3) is 3.85. The molecule has 0 saturated carbocycles. The van der Waals surface area contributed by atoms with E-state index in [-0.39, 0.29) is 12.2 Å². The van der Waals surface area contributed by atoms with E-state index < -0.39 is 10.6 Å². The predicted molar refractivity (Wildman–Crippen MR) is 77.3 cm³/mol. The van der Waals surface area contributed by atoms with Gasteiger partial charge in [-0.2, -0.15) is 4.98 Å². The molecule has 0 aromatic carbocycles. The van der Waals surface area contributed by atoms with Crippen molar-refractivity contribution in [3.8, 4) is 0 Å². The van der Waals surface area contributed by atoms with Crippen LogP contribution in [0.5, 0.6) is 0 Å². The Morgan fingerprint density at radius 3 is 2.95 bits per heavy atom. The molecule has 0 fully saturated rings. The molecule has 0 aliphatic heterocycles. The van der Waals surface area contributed by atoms with Crippen molar-refractivity contribution in [1.82, 2.24) is 14.5 Å². The van der Waals surface area contributed by atoms with Gasteiger partial charge in [0.2, 0.25) is 0 Å². The van der Waals surface area contributed by atoms with Crippen LogP contribution in [0.25, 0.3) is 0 Å². The van der Waals surface area contributed by atoms with E-state index in [4.69, 9.17) is 0 Å². The lowest BCUT2D eigenvalue weighted by Gasteiger charge is -2.07. The summed E-state index contributed by atoms with van der Waals surface area (Å²) in [5.74, 6) is 0. The van der Waals surface area contributed by atoms with Gasteiger partial charge in [-0.3, -0.25) is 19.7 Å². The van der Waals surface area contributed by atoms with Crippen molar-refractivity contribution >= 4 is 11.4 Å². The molecule has 0 aliphatic carbocycles. The molecule has 0 bridgehead atoms. The summed E-state index contributed by atoms with van der Waals surface area (Å²) in [6.45, 7) is 3.03. The summed E-state index contributed by atoms with van der Waals surface area (Å²) in [5.41, 5.74) is 0.748. The minimum absolute atomic E-state index is 0.134. The standard InChI is InChI=1S/C13H15N5O3/c1-2-4-14-10-3-5-15-11(6-10)8-17-9-12(18(20)21)7-16-13(17)19/h3,5-7,9H,2,4,8H2,1H3,(H,14,15). The first-order valence-corrected chi connectivity index (χ1v) is 6.50. The minimum atomic E-state index is -0.588. The summed E-state index contributed by atoms with van der Waals surface area (Å²) in [6, 6.07) is 3.63. The van der Waals surface area contributed by atoms with E-state index in [1.807, 2.05) is 6.07 Å². The van der Waals surface area contributed by atoms with E-state index in [1.165, 1.54) is 10.8 Å². The molecule has 0 amide bonds. The number of rotatable bonds is 6. The molecule has 2 rings (SSSR count). The highest BCUT2D eigenvalue weighted by Gasteiger charge is 2.09. The summed E-state index contributed by atoms with van der Waals surface area (Å²) in [7, 11) is 0. The van der Waals surface area contributed by atoms with Gasteiger partial charge in [0.25, 0.3) is 0 Å². The first-order chi connectivity index (χ1) is 10.1. The number of nitro groups is 1. The Bertz CT molecular complexity index is 698. The van der Waals surface area contributed by atoms with Crippen molar-refractivity contribution in [3.63, 3.8) is 0 Å². The minimum Gasteiger partial charge on any atom is -0.385 e. The van der Waals surface area contributed by atoms with Gasteiger partial charge in [0.15, 0.2) is 0 Å². The number of hydrogen-bond donors (Lipinski definition) is 1. The molecule has 21 heavy (non-hydrogen) atoms. The zero-order chi connectivity index (χ0) is 15.2. The first-order valence-electron chi connectivity index (χ1n) is 6.50. The number of nitrogens with zero attached hydrogens (tertiary/aromatic N) is 4. The molecule has 2 aromatic rings. The maximum atomic E-state index is 11.6. The van der Waals surface area contributed by atoms with E-state index in [0.717, 1.165) is 24.8 Å². The van der Waals surface area contributed by atoms with E-state index >= 15 is 0 Å². The lowest BCUT2D eigenvalue weighted by Crippen LogP contribution is -2.23. The Balaban J connectivity index is 2.23. The fraction of sp³-hybridized carbons (Fsp3) is 0.308. The molecule has 110 valence electrons. The molecule has 2 aromatic heterocycles. The van der Waals surface area contributed by atoms with Crippen molar-refractivity contribution in [3.05, 3.63) is 57.0 Å². The molecule has 1 N–H and O–H groups in total. The van der Waals surface area contributed by atoms with Crippen LogP contribution in [0.1, 0.15) is 19.0 Å². The summed E-state index contributed by atoms with van der Waals surface area (Å²) < 4.78 is 1.17. The molecule has 8 nitrogen and oxygen atoms in total. The molecule has 0 unspecified atom stereocenters. The highest BCUT2D eigenvalue weighted by atomic mass is 16.6. The van der Waals surface area contributed by atoms with Crippen LogP contribution in [0.3, 0.4) is 0 Å². The number of hydrogen-bond acceptors (Lipinski definition) is 6. The monoisotopic (exact) mass is 289 g/mol. The SMILES string of the molecule is CCCNc1ccnc(Cn2cc([N+](=O)[O-])cnc2=O)c1. The summed E-state index contributed by atoms with van der Waals surface area (Å²) in [4.78, 5) is 29.4. The van der Waals surface area contributed by atoms with E-state index in [1.54, 1.807) is 12.3 Å². The predicted octanol–water partition coefficient (Wildman–Crippen LogP) is 1.42. The fourth-order valence-electron chi connectivity index (χ4n) is 1.77. The normalized spacial score (nSPS) is 10.3. The Morgan fingerprint density at radius 2 is 2.24 bits per heavy atom. The van der Waals surface area contributed by atoms with Crippen LogP contribution in [0.15, 0.2) is 35.5 Å². The van der Waals surface area contributed by atoms with Gasteiger partial charge >= 0.3 is 11.4 Å². The molecule has 0 atom stereocenters. The molecular weight excluding hydrogens is 274 g/mol. The number of anilines is 1. The summed E-state index contributed by atoms with van der Waals surface area (Å²) in [5, 5.41) is 13.9. The quantitative estimate of drug-likeness (QED) is 0.637. The molecule has 2 heterocycles. The highest BCUT2D eigenvalue weighted by Crippen LogP contribution is 2.10. The van der Waals surface area contributed by atoms with E-state index in [9.17, 15) is 14.9 Å². The second-order valence-electron chi connectivity index (χ2n) is 4.44. The van der Waals surface area contributed by atoms with Crippen LogP contribution >= 0.6 is 0 Å². The topological polar surface area (TPSA) is 103 Å². The van der Waals surface area contributed by atoms with Gasteiger partial charge in [-0.1, -0.05) is 6.92 Å². The Kier molecular flexibility index (Phi) is 4.60. The number of aromatic nitrogens is 3. The average molecular weight is 289 g/mol. The third-order valence-electron chi connectivity index (χ3n) is 2.78. The average Bonchev–Trinajstić information content (AvgIpc) is 2.47. The van der Waals surface area contributed by atoms with Crippen molar-refractivity contribution < 1.29 is 4.92 Å². The van der Waals surface area contributed by atoms with Crippen LogP contribution in [0.2, 0.25) is 0 Å². The Morgan fingerprint density at radius 1 is 1.43 bits per heavy atom. The van der Waals surface area contributed by atoms with Crippen LogP contribution in [-0.4, -0.2) is 26.0 Å². The van der Waals surface area contributed by atoms with Crippen LogP contribution in [-0.2, 0) is 6.54 Å². The van der Waals surface area contributed by atoms with Gasteiger partial charge < -0.3 is 5.32 Å². The Labute approximate surface area is 120 Å². The molecule has 0 aliphatic rings. The van der Waals surface area contributed by atoms with Crippen molar-refractivity contribution in [2.75, 3.05) is 11.9 Å². The van der Waals surface area contributed by atoms with Crippen molar-refractivity contribution in [2.45, 2.75) is 19.9 Å². The molecule has 8 heteroatoms. The largest absolute Gasteiger partial charge is 0.385 e. The van der Waals surface area contributed by atoms with Crippen LogP contribution < -0.4 is 11.0 Å². The maximum absolute atomic E-state index is 11.6. The van der Waals surface area contributed by atoms with Gasteiger partial charge in [0.05, 0.1) is 23.4 Å². The summed E-state index contributed by atoms with van der Waals surface area (Å²) >= 11 is 0. The zero-order valence-corrected chi connectivity index (χ0v) is 11.5. The lowest BCUT2D eigenvalue weighted by molar-refractivity contribution is -0.385. The zero-order valence-electron chi connectivity index (χ0n) is 11.5. The highest BCUT2D eigenvalue weighted by molar-refractivity contribution is 5.43. The molecule has 0 saturated heterocycles. The van der Waals surface area contributed by atoms with Gasteiger partial charge in [-0.25, -0.2) is 4.79 Å². The second kappa shape index (κ2) is 6.60. The molecule has 0 radical (unpaired) electrons. The molecule has 0 spiro atoms. The number of pyridine rings is 1. The van der Waals surface area contributed by atoms with E-state index in [2.05, 4.69) is 22.2 Å². The number of nitrogens with one attached hydrogen (secondary N) is 1. The Hall–Kier alpha value is -2.77.